The monoisotopic (exact) mass is 302 g/mol. The zero-order valence-corrected chi connectivity index (χ0v) is 11.6. The van der Waals surface area contributed by atoms with Crippen LogP contribution in [0.2, 0.25) is 0 Å². The second-order valence-corrected chi connectivity index (χ2v) is 4.39. The largest absolute Gasteiger partial charge is 0.493 e. The van der Waals surface area contributed by atoms with Gasteiger partial charge >= 0.3 is 5.97 Å². The Hall–Kier alpha value is -1.23. The van der Waals surface area contributed by atoms with Crippen LogP contribution in [0.5, 0.6) is 17.2 Å². The van der Waals surface area contributed by atoms with Gasteiger partial charge in [0.2, 0.25) is 5.75 Å². The number of rotatable bonds is 5. The van der Waals surface area contributed by atoms with Crippen LogP contribution in [0.15, 0.2) is 18.2 Å². The van der Waals surface area contributed by atoms with Crippen molar-refractivity contribution in [3.63, 3.8) is 0 Å². The standard InChI is InChI=1S/C12H15BrO4/c1-4-8(13)12(14)17-11-9(15-2)6-5-7-10(11)16-3/h5-8H,4H2,1-3H3/t8-/m0/s1. The molecule has 17 heavy (non-hydrogen) atoms. The molecular weight excluding hydrogens is 288 g/mol. The summed E-state index contributed by atoms with van der Waals surface area (Å²) in [4.78, 5) is 11.4. The van der Waals surface area contributed by atoms with E-state index in [1.165, 1.54) is 14.2 Å². The molecule has 0 spiro atoms. The highest BCUT2D eigenvalue weighted by Crippen LogP contribution is 2.37. The van der Waals surface area contributed by atoms with Gasteiger partial charge in [0.05, 0.1) is 14.2 Å². The maximum atomic E-state index is 11.7. The third-order valence-corrected chi connectivity index (χ3v) is 3.22. The first-order valence-corrected chi connectivity index (χ1v) is 6.12. The van der Waals surface area contributed by atoms with Gasteiger partial charge in [0, 0.05) is 0 Å². The van der Waals surface area contributed by atoms with Gasteiger partial charge < -0.3 is 14.2 Å². The summed E-state index contributed by atoms with van der Waals surface area (Å²) in [6.07, 6.45) is 0.649. The number of para-hydroxylation sites is 1. The molecule has 0 N–H and O–H groups in total. The number of hydrogen-bond acceptors (Lipinski definition) is 4. The minimum absolute atomic E-state index is 0.306. The first-order chi connectivity index (χ1) is 8.13. The number of carbonyl (C=O) groups is 1. The number of halogens is 1. The Kier molecular flexibility index (Phi) is 5.28. The van der Waals surface area contributed by atoms with Crippen molar-refractivity contribution in [1.29, 1.82) is 0 Å². The Morgan fingerprint density at radius 2 is 1.82 bits per heavy atom. The van der Waals surface area contributed by atoms with Gasteiger partial charge in [-0.3, -0.25) is 4.79 Å². The van der Waals surface area contributed by atoms with Crippen LogP contribution < -0.4 is 14.2 Å². The van der Waals surface area contributed by atoms with E-state index < -0.39 is 0 Å². The van der Waals surface area contributed by atoms with Crippen LogP contribution in [-0.4, -0.2) is 25.0 Å². The molecule has 1 aromatic rings. The summed E-state index contributed by atoms with van der Waals surface area (Å²) in [5.41, 5.74) is 0. The van der Waals surface area contributed by atoms with Crippen LogP contribution >= 0.6 is 15.9 Å². The fourth-order valence-electron chi connectivity index (χ4n) is 1.25. The van der Waals surface area contributed by atoms with Crippen molar-refractivity contribution >= 4 is 21.9 Å². The van der Waals surface area contributed by atoms with Gasteiger partial charge in [0.15, 0.2) is 11.5 Å². The Labute approximate surface area is 109 Å². The molecule has 94 valence electrons. The Morgan fingerprint density at radius 1 is 1.29 bits per heavy atom. The number of alkyl halides is 1. The number of carbonyl (C=O) groups excluding carboxylic acids is 1. The zero-order chi connectivity index (χ0) is 12.8. The SMILES string of the molecule is CC[C@H](Br)C(=O)Oc1c(OC)cccc1OC. The number of ether oxygens (including phenoxy) is 3. The molecule has 0 saturated heterocycles. The highest BCUT2D eigenvalue weighted by Gasteiger charge is 2.20. The van der Waals surface area contributed by atoms with Gasteiger partial charge in [0.1, 0.15) is 4.83 Å². The molecule has 0 amide bonds. The molecule has 0 fully saturated rings. The molecule has 5 heteroatoms. The quantitative estimate of drug-likeness (QED) is 0.477. The van der Waals surface area contributed by atoms with Crippen molar-refractivity contribution < 1.29 is 19.0 Å². The van der Waals surface area contributed by atoms with Crippen molar-refractivity contribution in [2.75, 3.05) is 14.2 Å². The van der Waals surface area contributed by atoms with Gasteiger partial charge in [-0.15, -0.1) is 0 Å². The van der Waals surface area contributed by atoms with E-state index in [9.17, 15) is 4.79 Å². The molecule has 1 rings (SSSR count). The van der Waals surface area contributed by atoms with Gasteiger partial charge in [-0.05, 0) is 18.6 Å². The van der Waals surface area contributed by atoms with Crippen molar-refractivity contribution in [3.05, 3.63) is 18.2 Å². The average Bonchev–Trinajstić information content (AvgIpc) is 2.37. The summed E-state index contributed by atoms with van der Waals surface area (Å²) < 4.78 is 15.5. The third kappa shape index (κ3) is 3.36. The van der Waals surface area contributed by atoms with E-state index in [2.05, 4.69) is 15.9 Å². The van der Waals surface area contributed by atoms with Gasteiger partial charge in [-0.1, -0.05) is 28.9 Å². The maximum Gasteiger partial charge on any atom is 0.325 e. The van der Waals surface area contributed by atoms with Crippen LogP contribution in [0.4, 0.5) is 0 Å². The lowest BCUT2D eigenvalue weighted by Crippen LogP contribution is -2.20. The van der Waals surface area contributed by atoms with Crippen molar-refractivity contribution in [2.24, 2.45) is 0 Å². The van der Waals surface area contributed by atoms with Crippen LogP contribution in [-0.2, 0) is 4.79 Å². The van der Waals surface area contributed by atoms with Gasteiger partial charge in [-0.2, -0.15) is 0 Å². The Balaban J connectivity index is 2.99. The summed E-state index contributed by atoms with van der Waals surface area (Å²) in [7, 11) is 3.02. The topological polar surface area (TPSA) is 44.8 Å². The minimum atomic E-state index is -0.365. The van der Waals surface area contributed by atoms with E-state index in [0.29, 0.717) is 23.7 Å². The molecule has 0 radical (unpaired) electrons. The fourth-order valence-corrected chi connectivity index (χ4v) is 1.34. The second-order valence-electron chi connectivity index (χ2n) is 3.29. The summed E-state index contributed by atoms with van der Waals surface area (Å²) in [5, 5.41) is 0. The highest BCUT2D eigenvalue weighted by atomic mass is 79.9. The smallest absolute Gasteiger partial charge is 0.325 e. The van der Waals surface area contributed by atoms with Crippen molar-refractivity contribution in [3.8, 4) is 17.2 Å². The normalized spacial score (nSPS) is 11.8. The molecule has 0 unspecified atom stereocenters. The van der Waals surface area contributed by atoms with Gasteiger partial charge in [-0.25, -0.2) is 0 Å². The number of esters is 1. The molecule has 0 heterocycles. The van der Waals surface area contributed by atoms with E-state index in [0.717, 1.165) is 0 Å². The summed E-state index contributed by atoms with van der Waals surface area (Å²) in [6, 6.07) is 5.18. The lowest BCUT2D eigenvalue weighted by molar-refractivity contribution is -0.133. The van der Waals surface area contributed by atoms with E-state index in [1.54, 1.807) is 18.2 Å². The molecule has 0 bridgehead atoms. The molecular formula is C12H15BrO4. The first-order valence-electron chi connectivity index (χ1n) is 5.20. The summed E-state index contributed by atoms with van der Waals surface area (Å²) in [5.74, 6) is 0.873. The summed E-state index contributed by atoms with van der Waals surface area (Å²) >= 11 is 3.24. The molecule has 0 aromatic heterocycles. The van der Waals surface area contributed by atoms with E-state index in [4.69, 9.17) is 14.2 Å². The molecule has 0 aliphatic heterocycles. The minimum Gasteiger partial charge on any atom is -0.493 e. The molecule has 0 aliphatic carbocycles. The van der Waals surface area contributed by atoms with Crippen LogP contribution in [0.25, 0.3) is 0 Å². The highest BCUT2D eigenvalue weighted by molar-refractivity contribution is 9.10. The number of hydrogen-bond donors (Lipinski definition) is 0. The molecule has 0 aliphatic rings. The average molecular weight is 303 g/mol. The Morgan fingerprint density at radius 3 is 2.24 bits per heavy atom. The number of methoxy groups -OCH3 is 2. The van der Waals surface area contributed by atoms with E-state index >= 15 is 0 Å². The molecule has 0 saturated carbocycles. The van der Waals surface area contributed by atoms with Crippen LogP contribution in [0.1, 0.15) is 13.3 Å². The fraction of sp³-hybridized carbons (Fsp3) is 0.417. The van der Waals surface area contributed by atoms with E-state index in [1.807, 2.05) is 6.92 Å². The second kappa shape index (κ2) is 6.49. The third-order valence-electron chi connectivity index (χ3n) is 2.20. The first kappa shape index (κ1) is 13.8. The Bertz CT molecular complexity index is 370. The maximum absolute atomic E-state index is 11.7. The molecule has 4 nitrogen and oxygen atoms in total. The predicted octanol–water partition coefficient (Wildman–Crippen LogP) is 2.78. The van der Waals surface area contributed by atoms with Crippen molar-refractivity contribution in [1.82, 2.24) is 0 Å². The van der Waals surface area contributed by atoms with Gasteiger partial charge in [0.25, 0.3) is 0 Å². The number of benzene rings is 1. The molecule has 1 aromatic carbocycles. The lowest BCUT2D eigenvalue weighted by atomic mass is 10.3. The molecule has 1 atom stereocenters. The lowest BCUT2D eigenvalue weighted by Gasteiger charge is -2.14. The van der Waals surface area contributed by atoms with Crippen LogP contribution in [0.3, 0.4) is 0 Å². The van der Waals surface area contributed by atoms with E-state index in [-0.39, 0.29) is 10.8 Å². The van der Waals surface area contributed by atoms with Crippen LogP contribution in [0, 0.1) is 0 Å². The zero-order valence-electron chi connectivity index (χ0n) is 10.0. The predicted molar refractivity (Wildman–Crippen MR) is 68.2 cm³/mol. The summed E-state index contributed by atoms with van der Waals surface area (Å²) in [6.45, 7) is 1.89. The van der Waals surface area contributed by atoms with Crippen molar-refractivity contribution in [2.45, 2.75) is 18.2 Å².